The molecule has 2 fully saturated rings. The van der Waals surface area contributed by atoms with E-state index < -0.39 is 5.60 Å². The van der Waals surface area contributed by atoms with E-state index in [0.29, 0.717) is 30.9 Å². The number of hydrogen-bond donors (Lipinski definition) is 1. The molecule has 1 aromatic carbocycles. The van der Waals surface area contributed by atoms with Crippen molar-refractivity contribution in [1.82, 2.24) is 19.8 Å². The summed E-state index contributed by atoms with van der Waals surface area (Å²) >= 11 is 0. The van der Waals surface area contributed by atoms with Crippen molar-refractivity contribution in [2.75, 3.05) is 57.8 Å². The first-order chi connectivity index (χ1) is 15.9. The van der Waals surface area contributed by atoms with E-state index >= 15 is 0 Å². The Balaban J connectivity index is 1.34. The zero-order valence-electron chi connectivity index (χ0n) is 19.7. The molecule has 0 spiro atoms. The molecule has 1 aromatic heterocycles. The Bertz CT molecular complexity index is 949. The van der Waals surface area contributed by atoms with Crippen molar-refractivity contribution >= 4 is 11.7 Å². The topological polar surface area (TPSA) is 82.0 Å². The SMILES string of the molecule is Cc1cc(N2CCC[C@@](O)(CN(C)C(=O)c3cccc(OCCN4CCCC4)c3)C2)ncn1. The highest BCUT2D eigenvalue weighted by Gasteiger charge is 2.36. The molecule has 8 nitrogen and oxygen atoms in total. The highest BCUT2D eigenvalue weighted by Crippen LogP contribution is 2.26. The van der Waals surface area contributed by atoms with Gasteiger partial charge in [0.25, 0.3) is 5.91 Å². The van der Waals surface area contributed by atoms with Gasteiger partial charge in [-0.25, -0.2) is 9.97 Å². The number of benzene rings is 1. The second-order valence-electron chi connectivity index (χ2n) is 9.35. The number of anilines is 1. The van der Waals surface area contributed by atoms with Gasteiger partial charge in [-0.2, -0.15) is 0 Å². The fraction of sp³-hybridized carbons (Fsp3) is 0.560. The van der Waals surface area contributed by atoms with Crippen molar-refractivity contribution in [2.45, 2.75) is 38.2 Å². The number of carbonyl (C=O) groups excluding carboxylic acids is 1. The predicted molar refractivity (Wildman–Crippen MR) is 128 cm³/mol. The Hall–Kier alpha value is -2.71. The predicted octanol–water partition coefficient (Wildman–Crippen LogP) is 2.36. The quantitative estimate of drug-likeness (QED) is 0.657. The van der Waals surface area contributed by atoms with Crippen LogP contribution in [0.3, 0.4) is 0 Å². The van der Waals surface area contributed by atoms with Crippen molar-refractivity contribution in [3.63, 3.8) is 0 Å². The number of aliphatic hydroxyl groups is 1. The summed E-state index contributed by atoms with van der Waals surface area (Å²) in [5, 5.41) is 11.3. The molecule has 2 saturated heterocycles. The molecule has 3 heterocycles. The Kier molecular flexibility index (Phi) is 7.45. The normalized spacial score (nSPS) is 21.2. The van der Waals surface area contributed by atoms with Gasteiger partial charge in [0.05, 0.1) is 12.1 Å². The number of amides is 1. The summed E-state index contributed by atoms with van der Waals surface area (Å²) in [6, 6.07) is 9.25. The summed E-state index contributed by atoms with van der Waals surface area (Å²) < 4.78 is 5.90. The molecule has 0 saturated carbocycles. The lowest BCUT2D eigenvalue weighted by Gasteiger charge is -2.41. The smallest absolute Gasteiger partial charge is 0.253 e. The van der Waals surface area contributed by atoms with E-state index in [9.17, 15) is 9.90 Å². The number of rotatable bonds is 8. The Morgan fingerprint density at radius 2 is 2.00 bits per heavy atom. The van der Waals surface area contributed by atoms with Crippen LogP contribution >= 0.6 is 0 Å². The van der Waals surface area contributed by atoms with Crippen molar-refractivity contribution in [1.29, 1.82) is 0 Å². The monoisotopic (exact) mass is 453 g/mol. The van der Waals surface area contributed by atoms with Crippen LogP contribution in [0.15, 0.2) is 36.7 Å². The van der Waals surface area contributed by atoms with Gasteiger partial charge in [-0.15, -0.1) is 0 Å². The molecule has 2 aliphatic heterocycles. The number of nitrogens with zero attached hydrogens (tertiary/aromatic N) is 5. The maximum atomic E-state index is 13.1. The summed E-state index contributed by atoms with van der Waals surface area (Å²) in [4.78, 5) is 27.7. The molecule has 1 N–H and O–H groups in total. The standard InChI is InChI=1S/C25H35N5O3/c1-20-15-23(27-19-26-20)30-12-6-9-25(32,18-30)17-28(2)24(31)21-7-5-8-22(16-21)33-14-13-29-10-3-4-11-29/h5,7-8,15-16,19,32H,3-4,6,9-14,17-18H2,1-2H3/t25-/m1/s1. The molecule has 2 aliphatic rings. The number of hydrogen-bond acceptors (Lipinski definition) is 7. The van der Waals surface area contributed by atoms with E-state index in [1.54, 1.807) is 30.4 Å². The van der Waals surface area contributed by atoms with E-state index in [1.807, 2.05) is 25.1 Å². The van der Waals surface area contributed by atoms with Crippen LogP contribution in [0.2, 0.25) is 0 Å². The highest BCUT2D eigenvalue weighted by atomic mass is 16.5. The fourth-order valence-corrected chi connectivity index (χ4v) is 4.80. The number of carbonyl (C=O) groups is 1. The van der Waals surface area contributed by atoms with Gasteiger partial charge in [0.2, 0.25) is 0 Å². The van der Waals surface area contributed by atoms with Crippen LogP contribution in [-0.2, 0) is 0 Å². The van der Waals surface area contributed by atoms with Gasteiger partial charge < -0.3 is 19.6 Å². The molecule has 178 valence electrons. The molecule has 0 unspecified atom stereocenters. The van der Waals surface area contributed by atoms with Crippen molar-refractivity contribution in [3.05, 3.63) is 47.9 Å². The van der Waals surface area contributed by atoms with Crippen LogP contribution in [0, 0.1) is 6.92 Å². The Morgan fingerprint density at radius 3 is 2.79 bits per heavy atom. The maximum Gasteiger partial charge on any atom is 0.253 e. The third-order valence-electron chi connectivity index (χ3n) is 6.50. The summed E-state index contributed by atoms with van der Waals surface area (Å²) in [6.07, 6.45) is 5.55. The van der Waals surface area contributed by atoms with Gasteiger partial charge in [-0.05, 0) is 63.9 Å². The van der Waals surface area contributed by atoms with Crippen LogP contribution in [0.25, 0.3) is 0 Å². The van der Waals surface area contributed by atoms with Gasteiger partial charge in [0.15, 0.2) is 0 Å². The maximum absolute atomic E-state index is 13.1. The van der Waals surface area contributed by atoms with Gasteiger partial charge in [0.1, 0.15) is 24.5 Å². The first-order valence-corrected chi connectivity index (χ1v) is 11.9. The Morgan fingerprint density at radius 1 is 1.18 bits per heavy atom. The van der Waals surface area contributed by atoms with Crippen LogP contribution in [-0.4, -0.2) is 89.3 Å². The minimum absolute atomic E-state index is 0.122. The molecule has 8 heteroatoms. The van der Waals surface area contributed by atoms with Crippen molar-refractivity contribution in [3.8, 4) is 5.75 Å². The zero-order chi connectivity index (χ0) is 23.3. The average molecular weight is 454 g/mol. The molecular formula is C25H35N5O3. The minimum atomic E-state index is -0.995. The van der Waals surface area contributed by atoms with E-state index in [-0.39, 0.29) is 12.5 Å². The van der Waals surface area contributed by atoms with Gasteiger partial charge in [-0.3, -0.25) is 9.69 Å². The third-order valence-corrected chi connectivity index (χ3v) is 6.50. The summed E-state index contributed by atoms with van der Waals surface area (Å²) in [6.45, 7) is 7.26. The highest BCUT2D eigenvalue weighted by molar-refractivity contribution is 5.94. The number of piperidine rings is 1. The molecule has 0 bridgehead atoms. The molecule has 1 atom stereocenters. The second kappa shape index (κ2) is 10.5. The van der Waals surface area contributed by atoms with E-state index in [0.717, 1.165) is 44.1 Å². The number of ether oxygens (including phenoxy) is 1. The number of aromatic nitrogens is 2. The summed E-state index contributed by atoms with van der Waals surface area (Å²) in [5.41, 5.74) is 0.466. The molecule has 1 amide bonds. The largest absolute Gasteiger partial charge is 0.492 e. The number of β-amino-alcohol motifs (C(OH)–C–C–N with tert-alkyl or cyclic N) is 1. The number of likely N-dealkylation sites (N-methyl/N-ethyl adjacent to an activating group) is 1. The second-order valence-corrected chi connectivity index (χ2v) is 9.35. The van der Waals surface area contributed by atoms with Gasteiger partial charge >= 0.3 is 0 Å². The number of likely N-dealkylation sites (tertiary alicyclic amines) is 1. The Labute approximate surface area is 196 Å². The number of aryl methyl sites for hydroxylation is 1. The lowest BCUT2D eigenvalue weighted by Crippen LogP contribution is -2.54. The fourth-order valence-electron chi connectivity index (χ4n) is 4.80. The first-order valence-electron chi connectivity index (χ1n) is 11.9. The van der Waals surface area contributed by atoms with Crippen molar-refractivity contribution < 1.29 is 14.6 Å². The lowest BCUT2D eigenvalue weighted by molar-refractivity contribution is -0.000146. The average Bonchev–Trinajstić information content (AvgIpc) is 3.32. The summed E-state index contributed by atoms with van der Waals surface area (Å²) in [5.74, 6) is 1.40. The van der Waals surface area contributed by atoms with Crippen molar-refractivity contribution in [2.24, 2.45) is 0 Å². The van der Waals surface area contributed by atoms with Crippen LogP contribution < -0.4 is 9.64 Å². The summed E-state index contributed by atoms with van der Waals surface area (Å²) in [7, 11) is 1.75. The minimum Gasteiger partial charge on any atom is -0.492 e. The molecular weight excluding hydrogens is 418 g/mol. The molecule has 33 heavy (non-hydrogen) atoms. The molecule has 0 aliphatic carbocycles. The molecule has 0 radical (unpaired) electrons. The van der Waals surface area contributed by atoms with E-state index in [1.165, 1.54) is 12.8 Å². The van der Waals surface area contributed by atoms with Gasteiger partial charge in [0, 0.05) is 44.0 Å². The third kappa shape index (κ3) is 6.21. The molecule has 2 aromatic rings. The van der Waals surface area contributed by atoms with Crippen LogP contribution in [0.1, 0.15) is 41.7 Å². The first kappa shape index (κ1) is 23.4. The zero-order valence-corrected chi connectivity index (χ0v) is 19.7. The van der Waals surface area contributed by atoms with E-state index in [4.69, 9.17) is 4.74 Å². The van der Waals surface area contributed by atoms with Gasteiger partial charge in [-0.1, -0.05) is 6.07 Å². The van der Waals surface area contributed by atoms with Crippen LogP contribution in [0.4, 0.5) is 5.82 Å². The lowest BCUT2D eigenvalue weighted by atomic mass is 9.92. The van der Waals surface area contributed by atoms with Crippen LogP contribution in [0.5, 0.6) is 5.75 Å². The molecule has 4 rings (SSSR count). The van der Waals surface area contributed by atoms with E-state index in [2.05, 4.69) is 19.8 Å².